The molecule has 10 heteroatoms. The number of unbranched alkanes of at least 4 members (excludes halogenated alkanes) is 14. The molecule has 0 saturated carbocycles. The second kappa shape index (κ2) is 36.4. The predicted octanol–water partition coefficient (Wildman–Crippen LogP) is 29.3. The largest absolute Gasteiger partial charge is 0.289 e. The molecule has 0 atom stereocenters. The van der Waals surface area contributed by atoms with Crippen molar-refractivity contribution in [2.24, 2.45) is 0 Å². The molecule has 15 rings (SSSR count). The fraction of sp³-hybridized carbons (Fsp3) is 0.321. The number of rotatable bonds is 34. The zero-order chi connectivity index (χ0) is 80.5. The van der Waals surface area contributed by atoms with E-state index < -0.39 is 10.8 Å². The van der Waals surface area contributed by atoms with Crippen molar-refractivity contribution in [3.05, 3.63) is 314 Å². The zero-order valence-electron chi connectivity index (χ0n) is 68.1. The van der Waals surface area contributed by atoms with E-state index in [4.69, 9.17) is 0 Å². The van der Waals surface area contributed by atoms with Crippen molar-refractivity contribution in [3.8, 4) is 64.7 Å². The number of nitrogens with zero attached hydrogens (tertiary/aromatic N) is 4. The van der Waals surface area contributed by atoms with Crippen molar-refractivity contribution in [3.63, 3.8) is 0 Å². The smallest absolute Gasteiger partial charge is 0.194 e. The molecule has 0 amide bonds. The van der Waals surface area contributed by atoms with Crippen LogP contribution in [0.25, 0.3) is 63.7 Å². The minimum Gasteiger partial charge on any atom is -0.289 e. The molecule has 116 heavy (non-hydrogen) atoms. The molecule has 0 radical (unpaired) electrons. The maximum Gasteiger partial charge on any atom is 0.194 e. The topological polar surface area (TPSA) is 129 Å². The van der Waals surface area contributed by atoms with Gasteiger partial charge in [0.2, 0.25) is 0 Å². The van der Waals surface area contributed by atoms with E-state index in [9.17, 15) is 30.6 Å². The first kappa shape index (κ1) is 80.8. The number of carbonyl (C=O) groups is 2. The van der Waals surface area contributed by atoms with Crippen LogP contribution in [0.3, 0.4) is 0 Å². The fourth-order valence-corrected chi connectivity index (χ4v) is 23.8. The van der Waals surface area contributed by atoms with Crippen LogP contribution in [0.5, 0.6) is 0 Å². The van der Waals surface area contributed by atoms with Gasteiger partial charge in [0.1, 0.15) is 35.4 Å². The number of hydrogen-bond acceptors (Lipinski definition) is 10. The van der Waals surface area contributed by atoms with E-state index in [1.165, 1.54) is 195 Å². The number of allylic oxidation sites excluding steroid dienone is 6. The van der Waals surface area contributed by atoms with Crippen LogP contribution in [0.2, 0.25) is 0 Å². The van der Waals surface area contributed by atoms with Gasteiger partial charge in [-0.05, 0) is 226 Å². The summed E-state index contributed by atoms with van der Waals surface area (Å²) in [5.74, 6) is -0.358. The number of benzene rings is 7. The second-order valence-electron chi connectivity index (χ2n) is 32.2. The van der Waals surface area contributed by atoms with Crippen LogP contribution in [-0.2, 0) is 49.4 Å². The van der Waals surface area contributed by atoms with Crippen LogP contribution in [0, 0.1) is 45.3 Å². The van der Waals surface area contributed by atoms with Crippen LogP contribution in [0.15, 0.2) is 204 Å². The lowest BCUT2D eigenvalue weighted by Gasteiger charge is -2.35. The van der Waals surface area contributed by atoms with Gasteiger partial charge in [0, 0.05) is 72.4 Å². The highest BCUT2D eigenvalue weighted by atomic mass is 32.1. The van der Waals surface area contributed by atoms with Crippen LogP contribution >= 0.6 is 45.3 Å². The first-order valence-electron chi connectivity index (χ1n) is 42.9. The monoisotopic (exact) mass is 1590 g/mol. The Labute approximate surface area is 703 Å². The van der Waals surface area contributed by atoms with Gasteiger partial charge in [0.15, 0.2) is 11.6 Å². The molecule has 7 aromatic carbocycles. The van der Waals surface area contributed by atoms with Gasteiger partial charge in [-0.25, -0.2) is 0 Å². The lowest BCUT2D eigenvalue weighted by atomic mass is 9.65. The summed E-state index contributed by atoms with van der Waals surface area (Å²) in [4.78, 5) is 38.3. The third-order valence-electron chi connectivity index (χ3n) is 24.7. The normalized spacial score (nSPS) is 14.5. The van der Waals surface area contributed by atoms with Gasteiger partial charge in [-0.1, -0.05) is 277 Å². The van der Waals surface area contributed by atoms with E-state index in [1.54, 1.807) is 34.8 Å². The van der Waals surface area contributed by atoms with Crippen LogP contribution < -0.4 is 0 Å². The third kappa shape index (κ3) is 15.2. The second-order valence-corrected chi connectivity index (χ2v) is 36.5. The maximum absolute atomic E-state index is 14.7. The van der Waals surface area contributed by atoms with Crippen LogP contribution in [0.4, 0.5) is 0 Å². The lowest BCUT2D eigenvalue weighted by Crippen LogP contribution is -2.30. The molecule has 0 fully saturated rings. The van der Waals surface area contributed by atoms with Gasteiger partial charge in [-0.2, -0.15) is 21.0 Å². The number of ketones is 2. The molecule has 0 bridgehead atoms. The Bertz CT molecular complexity index is 5330. The van der Waals surface area contributed by atoms with Gasteiger partial charge < -0.3 is 0 Å². The summed E-state index contributed by atoms with van der Waals surface area (Å²) in [7, 11) is 0. The summed E-state index contributed by atoms with van der Waals surface area (Å²) in [6.45, 7) is 13.6. The van der Waals surface area contributed by atoms with Gasteiger partial charge in [0.25, 0.3) is 0 Å². The van der Waals surface area contributed by atoms with Crippen LogP contribution in [-0.4, -0.2) is 11.6 Å². The van der Waals surface area contributed by atoms with E-state index in [2.05, 4.69) is 199 Å². The Kier molecular flexibility index (Phi) is 25.4. The number of fused-ring (bicyclic) bond motifs is 8. The van der Waals surface area contributed by atoms with Crippen molar-refractivity contribution in [2.75, 3.05) is 0 Å². The molecule has 0 aliphatic heterocycles. The molecule has 0 unspecified atom stereocenters. The quantitative estimate of drug-likeness (QED) is 0.0224. The average molecular weight is 1590 g/mol. The summed E-state index contributed by atoms with van der Waals surface area (Å²) in [5, 5.41) is 41.9. The number of Topliss-reactive ketones (excluding diaryl/α,β-unsaturated/α-hetero) is 2. The van der Waals surface area contributed by atoms with Crippen molar-refractivity contribution in [2.45, 2.75) is 219 Å². The SMILES string of the molecule is CCCCCCc1ccc(C2(c3ccc(CCCCCC)cc3)c3cc4c(cc3-c3sc(-c5sc(/C=C6\C(=O)c7ccccc7C6=C(C#N)C#N)cc5CCCC)cc32)C(c2ccc(CCCCCC)cc2)(c2ccc(CCCCCC)cc2)c2cc(-c3sc(/C=C5\C(=O)c6ccccc6C5=C(C#N)C#N)cc3CCCC)sc2-4)cc1. The lowest BCUT2D eigenvalue weighted by molar-refractivity contribution is 0.103. The molecule has 11 aromatic rings. The molecule has 0 saturated heterocycles. The van der Waals surface area contributed by atoms with Gasteiger partial charge in [-0.3, -0.25) is 9.59 Å². The standard InChI is InChI=1S/C106H102N4O2S4/c1-7-13-19-23-31-69-41-49-77(50-42-69)105(78-51-43-70(44-52-78)32-24-20-14-8-2)91-61-88-92(62-87(91)103-93(105)63-95(115-103)101-73(35-17-11-5)57-81(113-101)59-89-97(75(65-107)66-108)83-37-27-29-39-85(83)99(89)111)106(79-53-45-71(46-54-79)33-25-21-15-9-3,80-55-47-72(48-56-80)34-26-22-16-10-4)94-64-96(116-104(88)94)102-74(36-18-12-6)58-82(114-102)60-90-98(76(67-109)68-110)84-38-28-30-40-86(84)100(90)112/h27-30,37-64H,7-26,31-36H2,1-6H3/b89-59-,90-60-. The molecule has 582 valence electrons. The minimum absolute atomic E-state index is 0.0675. The maximum atomic E-state index is 14.7. The molecule has 4 aliphatic rings. The summed E-state index contributed by atoms with van der Waals surface area (Å²) in [5.41, 5.74) is 22.3. The summed E-state index contributed by atoms with van der Waals surface area (Å²) in [6, 6.07) is 77.3. The van der Waals surface area contributed by atoms with E-state index in [0.717, 1.165) is 99.6 Å². The van der Waals surface area contributed by atoms with Crippen molar-refractivity contribution >= 4 is 80.2 Å². The number of carbonyl (C=O) groups excluding carboxylic acids is 2. The Morgan fingerprint density at radius 1 is 0.310 bits per heavy atom. The van der Waals surface area contributed by atoms with Gasteiger partial charge in [-0.15, -0.1) is 45.3 Å². The summed E-state index contributed by atoms with van der Waals surface area (Å²) >= 11 is 7.20. The molecule has 0 N–H and O–H groups in total. The molecule has 0 spiro atoms. The van der Waals surface area contributed by atoms with Gasteiger partial charge in [0.05, 0.1) is 10.8 Å². The predicted molar refractivity (Wildman–Crippen MR) is 486 cm³/mol. The van der Waals surface area contributed by atoms with Crippen LogP contribution in [0.1, 0.15) is 289 Å². The van der Waals surface area contributed by atoms with E-state index in [0.29, 0.717) is 44.5 Å². The molecular weight excluding hydrogens is 1490 g/mol. The Morgan fingerprint density at radius 2 is 0.612 bits per heavy atom. The third-order valence-corrected chi connectivity index (χ3v) is 29.6. The number of hydrogen-bond donors (Lipinski definition) is 0. The highest BCUT2D eigenvalue weighted by molar-refractivity contribution is 7.25. The number of thiophene rings is 4. The van der Waals surface area contributed by atoms with Gasteiger partial charge >= 0.3 is 0 Å². The molecule has 4 heterocycles. The van der Waals surface area contributed by atoms with Crippen molar-refractivity contribution < 1.29 is 9.59 Å². The van der Waals surface area contributed by atoms with E-state index >= 15 is 0 Å². The summed E-state index contributed by atoms with van der Waals surface area (Å²) in [6.07, 6.45) is 32.6. The first-order valence-corrected chi connectivity index (χ1v) is 46.1. The van der Waals surface area contributed by atoms with Crippen molar-refractivity contribution in [1.82, 2.24) is 0 Å². The first-order chi connectivity index (χ1) is 56.9. The summed E-state index contributed by atoms with van der Waals surface area (Å²) < 4.78 is 0. The number of nitriles is 4. The molecule has 4 aromatic heterocycles. The van der Waals surface area contributed by atoms with E-state index in [-0.39, 0.29) is 22.7 Å². The van der Waals surface area contributed by atoms with Crippen molar-refractivity contribution in [1.29, 1.82) is 21.0 Å². The molecule has 6 nitrogen and oxygen atoms in total. The highest BCUT2D eigenvalue weighted by Gasteiger charge is 2.54. The Balaban J connectivity index is 1.01. The minimum atomic E-state index is -0.802. The zero-order valence-corrected chi connectivity index (χ0v) is 71.4. The Morgan fingerprint density at radius 3 is 0.905 bits per heavy atom. The average Bonchev–Trinajstić information content (AvgIpc) is 1.50. The Hall–Kier alpha value is -10.4. The fourth-order valence-electron chi connectivity index (χ4n) is 18.7. The molecule has 4 aliphatic carbocycles. The molecular formula is C106H102N4O2S4. The number of aryl methyl sites for hydroxylation is 6. The highest BCUT2D eigenvalue weighted by Crippen LogP contribution is 2.67. The van der Waals surface area contributed by atoms with E-state index in [1.807, 2.05) is 71.2 Å².